The van der Waals surface area contributed by atoms with Crippen LogP contribution in [0.25, 0.3) is 0 Å². The third kappa shape index (κ3) is 3.45. The van der Waals surface area contributed by atoms with Crippen molar-refractivity contribution in [1.82, 2.24) is 14.7 Å². The Labute approximate surface area is 114 Å². The van der Waals surface area contributed by atoms with Crippen LogP contribution in [-0.2, 0) is 9.59 Å². The van der Waals surface area contributed by atoms with Crippen LogP contribution in [0, 0.1) is 5.92 Å². The normalized spacial score (nSPS) is 29.7. The van der Waals surface area contributed by atoms with Gasteiger partial charge in [0.05, 0.1) is 6.54 Å². The van der Waals surface area contributed by atoms with Gasteiger partial charge in [-0.2, -0.15) is 0 Å². The molecule has 0 saturated carbocycles. The summed E-state index contributed by atoms with van der Waals surface area (Å²) in [6.45, 7) is 5.97. The molecule has 6 heteroatoms. The molecule has 0 aliphatic carbocycles. The number of amides is 2. The lowest BCUT2D eigenvalue weighted by molar-refractivity contribution is -0.144. The summed E-state index contributed by atoms with van der Waals surface area (Å²) in [5.41, 5.74) is 5.98. The fourth-order valence-corrected chi connectivity index (χ4v) is 2.56. The lowest BCUT2D eigenvalue weighted by Gasteiger charge is -2.37. The van der Waals surface area contributed by atoms with E-state index in [0.717, 1.165) is 26.2 Å². The molecular formula is C13H24N4O2. The van der Waals surface area contributed by atoms with E-state index in [1.54, 1.807) is 4.90 Å². The van der Waals surface area contributed by atoms with Crippen LogP contribution in [0.5, 0.6) is 0 Å². The maximum absolute atomic E-state index is 12.2. The number of likely N-dealkylation sites (N-methyl/N-ethyl adjacent to an activating group) is 1. The van der Waals surface area contributed by atoms with Gasteiger partial charge in [-0.25, -0.2) is 0 Å². The number of hydrogen-bond acceptors (Lipinski definition) is 4. The Morgan fingerprint density at radius 3 is 2.58 bits per heavy atom. The molecule has 2 fully saturated rings. The van der Waals surface area contributed by atoms with Gasteiger partial charge >= 0.3 is 0 Å². The Hall–Kier alpha value is -1.14. The third-order valence-corrected chi connectivity index (χ3v) is 4.19. The van der Waals surface area contributed by atoms with E-state index in [2.05, 4.69) is 11.9 Å². The number of likely N-dealkylation sites (tertiary alicyclic amines) is 1. The van der Waals surface area contributed by atoms with E-state index in [1.807, 2.05) is 11.8 Å². The number of carbonyl (C=O) groups is 2. The Morgan fingerprint density at radius 1 is 1.32 bits per heavy atom. The second-order valence-electron chi connectivity index (χ2n) is 5.80. The highest BCUT2D eigenvalue weighted by Gasteiger charge is 2.31. The summed E-state index contributed by atoms with van der Waals surface area (Å²) in [6.07, 6.45) is 0.456. The number of nitrogens with zero attached hydrogens (tertiary/aromatic N) is 3. The molecule has 2 unspecified atom stereocenters. The van der Waals surface area contributed by atoms with Crippen molar-refractivity contribution in [2.75, 3.05) is 46.3 Å². The van der Waals surface area contributed by atoms with Gasteiger partial charge in [0.2, 0.25) is 11.8 Å². The fourth-order valence-electron chi connectivity index (χ4n) is 2.56. The molecule has 19 heavy (non-hydrogen) atoms. The first-order valence-electron chi connectivity index (χ1n) is 6.97. The predicted molar refractivity (Wildman–Crippen MR) is 72.4 cm³/mol. The summed E-state index contributed by atoms with van der Waals surface area (Å²) in [7, 11) is 2.05. The molecule has 6 nitrogen and oxygen atoms in total. The number of piperidine rings is 1. The molecule has 0 bridgehead atoms. The van der Waals surface area contributed by atoms with Gasteiger partial charge in [-0.1, -0.05) is 6.92 Å². The van der Waals surface area contributed by atoms with Gasteiger partial charge in [-0.05, 0) is 13.0 Å². The Bertz CT molecular complexity index is 353. The maximum atomic E-state index is 12.2. The van der Waals surface area contributed by atoms with Crippen LogP contribution in [0.15, 0.2) is 0 Å². The smallest absolute Gasteiger partial charge is 0.242 e. The van der Waals surface area contributed by atoms with Crippen molar-refractivity contribution in [2.24, 2.45) is 11.7 Å². The standard InChI is InChI=1S/C13H24N4O2/c1-10-7-12(18)17(8-11(10)14)9-13(19)16-5-3-15(2)4-6-16/h10-11H,3-9,14H2,1-2H3. The van der Waals surface area contributed by atoms with Crippen molar-refractivity contribution in [1.29, 1.82) is 0 Å². The van der Waals surface area contributed by atoms with Crippen LogP contribution in [0.4, 0.5) is 0 Å². The molecule has 2 aliphatic heterocycles. The molecule has 2 amide bonds. The molecule has 0 aromatic carbocycles. The van der Waals surface area contributed by atoms with Crippen LogP contribution in [-0.4, -0.2) is 78.9 Å². The highest BCUT2D eigenvalue weighted by atomic mass is 16.2. The zero-order chi connectivity index (χ0) is 14.0. The molecule has 2 aliphatic rings. The number of rotatable bonds is 2. The molecule has 2 rings (SSSR count). The lowest BCUT2D eigenvalue weighted by atomic mass is 9.94. The molecule has 0 aromatic rings. The first kappa shape index (κ1) is 14.3. The first-order valence-corrected chi connectivity index (χ1v) is 6.97. The zero-order valence-electron chi connectivity index (χ0n) is 11.8. The van der Waals surface area contributed by atoms with Gasteiger partial charge in [-0.15, -0.1) is 0 Å². The molecule has 0 spiro atoms. The van der Waals surface area contributed by atoms with Crippen molar-refractivity contribution >= 4 is 11.8 Å². The number of nitrogens with two attached hydrogens (primary N) is 1. The van der Waals surface area contributed by atoms with Crippen LogP contribution >= 0.6 is 0 Å². The zero-order valence-corrected chi connectivity index (χ0v) is 11.8. The fraction of sp³-hybridized carbons (Fsp3) is 0.846. The minimum atomic E-state index is -0.0158. The van der Waals surface area contributed by atoms with E-state index in [-0.39, 0.29) is 30.3 Å². The SMILES string of the molecule is CC1CC(=O)N(CC(=O)N2CCN(C)CC2)CC1N. The van der Waals surface area contributed by atoms with Gasteiger partial charge in [-0.3, -0.25) is 9.59 Å². The summed E-state index contributed by atoms with van der Waals surface area (Å²) < 4.78 is 0. The van der Waals surface area contributed by atoms with Gasteiger partial charge in [0, 0.05) is 45.2 Å². The third-order valence-electron chi connectivity index (χ3n) is 4.19. The quantitative estimate of drug-likeness (QED) is 0.694. The van der Waals surface area contributed by atoms with Crippen LogP contribution in [0.1, 0.15) is 13.3 Å². The molecule has 2 heterocycles. The molecule has 2 atom stereocenters. The highest BCUT2D eigenvalue weighted by Crippen LogP contribution is 2.16. The highest BCUT2D eigenvalue weighted by molar-refractivity contribution is 5.85. The average Bonchev–Trinajstić information content (AvgIpc) is 2.36. The van der Waals surface area contributed by atoms with Gasteiger partial charge < -0.3 is 20.4 Å². The van der Waals surface area contributed by atoms with Crippen molar-refractivity contribution in [2.45, 2.75) is 19.4 Å². The summed E-state index contributed by atoms with van der Waals surface area (Å²) >= 11 is 0. The Morgan fingerprint density at radius 2 is 1.95 bits per heavy atom. The monoisotopic (exact) mass is 268 g/mol. The minimum absolute atomic E-state index is 0.0158. The Kier molecular flexibility index (Phi) is 4.42. The average molecular weight is 268 g/mol. The predicted octanol–water partition coefficient (Wildman–Crippen LogP) is -1.04. The molecule has 0 radical (unpaired) electrons. The summed E-state index contributed by atoms with van der Waals surface area (Å²) in [5.74, 6) is 0.308. The van der Waals surface area contributed by atoms with Gasteiger partial charge in [0.25, 0.3) is 0 Å². The number of hydrogen-bond donors (Lipinski definition) is 1. The number of carbonyl (C=O) groups excluding carboxylic acids is 2. The van der Waals surface area contributed by atoms with E-state index < -0.39 is 0 Å². The largest absolute Gasteiger partial charge is 0.339 e. The molecule has 2 N–H and O–H groups in total. The summed E-state index contributed by atoms with van der Waals surface area (Å²) in [6, 6.07) is -0.0158. The second-order valence-corrected chi connectivity index (χ2v) is 5.80. The first-order chi connectivity index (χ1) is 8.97. The lowest BCUT2D eigenvalue weighted by Crippen LogP contribution is -2.55. The maximum Gasteiger partial charge on any atom is 0.242 e. The molecule has 108 valence electrons. The van der Waals surface area contributed by atoms with Crippen molar-refractivity contribution in [3.63, 3.8) is 0 Å². The van der Waals surface area contributed by atoms with Crippen LogP contribution in [0.2, 0.25) is 0 Å². The summed E-state index contributed by atoms with van der Waals surface area (Å²) in [5, 5.41) is 0. The van der Waals surface area contributed by atoms with Crippen LogP contribution in [0.3, 0.4) is 0 Å². The molecule has 0 aromatic heterocycles. The van der Waals surface area contributed by atoms with Crippen LogP contribution < -0.4 is 5.73 Å². The van der Waals surface area contributed by atoms with Gasteiger partial charge in [0.1, 0.15) is 0 Å². The van der Waals surface area contributed by atoms with Crippen molar-refractivity contribution in [3.8, 4) is 0 Å². The van der Waals surface area contributed by atoms with E-state index in [0.29, 0.717) is 13.0 Å². The number of piperazine rings is 1. The van der Waals surface area contributed by atoms with Crippen molar-refractivity contribution < 1.29 is 9.59 Å². The molecular weight excluding hydrogens is 244 g/mol. The van der Waals surface area contributed by atoms with E-state index in [1.165, 1.54) is 0 Å². The topological polar surface area (TPSA) is 69.9 Å². The van der Waals surface area contributed by atoms with E-state index >= 15 is 0 Å². The van der Waals surface area contributed by atoms with Crippen molar-refractivity contribution in [3.05, 3.63) is 0 Å². The second kappa shape index (κ2) is 5.88. The Balaban J connectivity index is 1.86. The minimum Gasteiger partial charge on any atom is -0.339 e. The molecule has 2 saturated heterocycles. The summed E-state index contributed by atoms with van der Waals surface area (Å²) in [4.78, 5) is 29.8. The van der Waals surface area contributed by atoms with E-state index in [9.17, 15) is 9.59 Å². The van der Waals surface area contributed by atoms with Gasteiger partial charge in [0.15, 0.2) is 0 Å². The van der Waals surface area contributed by atoms with E-state index in [4.69, 9.17) is 5.73 Å².